The van der Waals surface area contributed by atoms with Crippen LogP contribution in [0.4, 0.5) is 5.69 Å². The standard InChI is InChI=1S/C13H18N2O2/c1-10-3-4-12(14)11(9-10)13(16)15-5-2-7-17-8-6-15/h3-4,9H,2,5-8,14H2,1H3. The Balaban J connectivity index is 2.20. The van der Waals surface area contributed by atoms with Gasteiger partial charge in [0.15, 0.2) is 0 Å². The van der Waals surface area contributed by atoms with Crippen LogP contribution in [0.25, 0.3) is 0 Å². The first-order valence-corrected chi connectivity index (χ1v) is 5.91. The van der Waals surface area contributed by atoms with Gasteiger partial charge in [0.25, 0.3) is 5.91 Å². The van der Waals surface area contributed by atoms with E-state index in [4.69, 9.17) is 10.5 Å². The highest BCUT2D eigenvalue weighted by molar-refractivity contribution is 5.99. The Labute approximate surface area is 101 Å². The first kappa shape index (κ1) is 11.9. The van der Waals surface area contributed by atoms with Crippen molar-refractivity contribution in [2.75, 3.05) is 32.0 Å². The Morgan fingerprint density at radius 1 is 1.35 bits per heavy atom. The molecule has 17 heavy (non-hydrogen) atoms. The second-order valence-corrected chi connectivity index (χ2v) is 4.35. The van der Waals surface area contributed by atoms with E-state index < -0.39 is 0 Å². The number of benzene rings is 1. The van der Waals surface area contributed by atoms with Crippen molar-refractivity contribution in [1.82, 2.24) is 4.90 Å². The van der Waals surface area contributed by atoms with Gasteiger partial charge in [-0.05, 0) is 25.5 Å². The quantitative estimate of drug-likeness (QED) is 0.748. The molecule has 4 heteroatoms. The minimum absolute atomic E-state index is 0.0108. The Bertz CT molecular complexity index is 410. The molecular weight excluding hydrogens is 216 g/mol. The molecule has 0 atom stereocenters. The van der Waals surface area contributed by atoms with E-state index in [-0.39, 0.29) is 5.91 Å². The van der Waals surface area contributed by atoms with Gasteiger partial charge in [0.1, 0.15) is 0 Å². The second-order valence-electron chi connectivity index (χ2n) is 4.35. The van der Waals surface area contributed by atoms with Crippen LogP contribution in [0.15, 0.2) is 18.2 Å². The van der Waals surface area contributed by atoms with E-state index in [1.807, 2.05) is 24.0 Å². The molecule has 1 saturated heterocycles. The van der Waals surface area contributed by atoms with Crippen molar-refractivity contribution >= 4 is 11.6 Å². The van der Waals surface area contributed by atoms with Crippen molar-refractivity contribution in [1.29, 1.82) is 0 Å². The van der Waals surface area contributed by atoms with Crippen LogP contribution in [0.2, 0.25) is 0 Å². The number of anilines is 1. The summed E-state index contributed by atoms with van der Waals surface area (Å²) in [7, 11) is 0. The fourth-order valence-electron chi connectivity index (χ4n) is 1.97. The zero-order chi connectivity index (χ0) is 12.3. The predicted molar refractivity (Wildman–Crippen MR) is 66.9 cm³/mol. The van der Waals surface area contributed by atoms with Gasteiger partial charge in [0.2, 0.25) is 0 Å². The number of nitrogen functional groups attached to an aromatic ring is 1. The molecular formula is C13H18N2O2. The second kappa shape index (κ2) is 5.19. The summed E-state index contributed by atoms with van der Waals surface area (Å²) >= 11 is 0. The lowest BCUT2D eigenvalue weighted by atomic mass is 10.1. The van der Waals surface area contributed by atoms with Crippen molar-refractivity contribution in [3.8, 4) is 0 Å². The van der Waals surface area contributed by atoms with Crippen LogP contribution in [0.3, 0.4) is 0 Å². The maximum atomic E-state index is 12.3. The number of nitrogens with zero attached hydrogens (tertiary/aromatic N) is 1. The SMILES string of the molecule is Cc1ccc(N)c(C(=O)N2CCCOCC2)c1. The van der Waals surface area contributed by atoms with Crippen molar-refractivity contribution in [2.24, 2.45) is 0 Å². The van der Waals surface area contributed by atoms with E-state index in [1.165, 1.54) is 0 Å². The third kappa shape index (κ3) is 2.77. The summed E-state index contributed by atoms with van der Waals surface area (Å²) in [5.41, 5.74) is 8.06. The Morgan fingerprint density at radius 2 is 2.18 bits per heavy atom. The van der Waals surface area contributed by atoms with Gasteiger partial charge in [-0.2, -0.15) is 0 Å². The van der Waals surface area contributed by atoms with E-state index in [1.54, 1.807) is 6.07 Å². The molecule has 1 aromatic carbocycles. The zero-order valence-corrected chi connectivity index (χ0v) is 10.1. The number of rotatable bonds is 1. The van der Waals surface area contributed by atoms with Gasteiger partial charge >= 0.3 is 0 Å². The smallest absolute Gasteiger partial charge is 0.256 e. The van der Waals surface area contributed by atoms with Crippen LogP contribution < -0.4 is 5.73 Å². The normalized spacial score (nSPS) is 16.6. The number of amides is 1. The lowest BCUT2D eigenvalue weighted by molar-refractivity contribution is 0.0742. The highest BCUT2D eigenvalue weighted by Crippen LogP contribution is 2.17. The average molecular weight is 234 g/mol. The molecule has 1 aromatic rings. The lowest BCUT2D eigenvalue weighted by Crippen LogP contribution is -2.33. The summed E-state index contributed by atoms with van der Waals surface area (Å²) < 4.78 is 5.34. The van der Waals surface area contributed by atoms with Crippen LogP contribution in [-0.4, -0.2) is 37.1 Å². The van der Waals surface area contributed by atoms with E-state index in [9.17, 15) is 4.79 Å². The molecule has 0 aliphatic carbocycles. The molecule has 0 spiro atoms. The van der Waals surface area contributed by atoms with Crippen LogP contribution in [-0.2, 0) is 4.74 Å². The van der Waals surface area contributed by atoms with Crippen LogP contribution in [0.5, 0.6) is 0 Å². The number of carbonyl (C=O) groups excluding carboxylic acids is 1. The highest BCUT2D eigenvalue weighted by atomic mass is 16.5. The molecule has 2 rings (SSSR count). The summed E-state index contributed by atoms with van der Waals surface area (Å²) in [6, 6.07) is 5.55. The molecule has 1 aliphatic rings. The van der Waals surface area contributed by atoms with Gasteiger partial charge in [0.05, 0.1) is 12.2 Å². The van der Waals surface area contributed by atoms with Crippen molar-refractivity contribution in [2.45, 2.75) is 13.3 Å². The number of hydrogen-bond donors (Lipinski definition) is 1. The Morgan fingerprint density at radius 3 is 3.00 bits per heavy atom. The van der Waals surface area contributed by atoms with E-state index >= 15 is 0 Å². The molecule has 0 unspecified atom stereocenters. The zero-order valence-electron chi connectivity index (χ0n) is 10.1. The summed E-state index contributed by atoms with van der Waals surface area (Å²) in [6.45, 7) is 4.69. The minimum Gasteiger partial charge on any atom is -0.398 e. The number of aryl methyl sites for hydroxylation is 1. The first-order valence-electron chi connectivity index (χ1n) is 5.91. The van der Waals surface area contributed by atoms with E-state index in [2.05, 4.69) is 0 Å². The van der Waals surface area contributed by atoms with Gasteiger partial charge < -0.3 is 15.4 Å². The lowest BCUT2D eigenvalue weighted by Gasteiger charge is -2.20. The summed E-state index contributed by atoms with van der Waals surface area (Å²) in [5.74, 6) is 0.0108. The Hall–Kier alpha value is -1.55. The monoisotopic (exact) mass is 234 g/mol. The minimum atomic E-state index is 0.0108. The Kier molecular flexibility index (Phi) is 3.64. The number of hydrogen-bond acceptors (Lipinski definition) is 3. The molecule has 1 aliphatic heterocycles. The van der Waals surface area contributed by atoms with Crippen molar-refractivity contribution in [3.05, 3.63) is 29.3 Å². The van der Waals surface area contributed by atoms with E-state index in [0.29, 0.717) is 24.4 Å². The number of ether oxygens (including phenoxy) is 1. The molecule has 0 radical (unpaired) electrons. The predicted octanol–water partition coefficient (Wildman–Crippen LogP) is 1.44. The van der Waals surface area contributed by atoms with Gasteiger partial charge in [-0.3, -0.25) is 4.79 Å². The molecule has 0 bridgehead atoms. The van der Waals surface area contributed by atoms with Crippen LogP contribution in [0.1, 0.15) is 22.3 Å². The fraction of sp³-hybridized carbons (Fsp3) is 0.462. The topological polar surface area (TPSA) is 55.6 Å². The average Bonchev–Trinajstić information content (AvgIpc) is 2.60. The first-order chi connectivity index (χ1) is 8.18. The van der Waals surface area contributed by atoms with Crippen molar-refractivity contribution in [3.63, 3.8) is 0 Å². The molecule has 0 aromatic heterocycles. The molecule has 92 valence electrons. The fourth-order valence-corrected chi connectivity index (χ4v) is 1.97. The molecule has 4 nitrogen and oxygen atoms in total. The number of carbonyl (C=O) groups is 1. The maximum absolute atomic E-state index is 12.3. The largest absolute Gasteiger partial charge is 0.398 e. The number of nitrogens with two attached hydrogens (primary N) is 1. The van der Waals surface area contributed by atoms with Gasteiger partial charge in [-0.1, -0.05) is 11.6 Å². The van der Waals surface area contributed by atoms with Gasteiger partial charge in [-0.25, -0.2) is 0 Å². The molecule has 1 heterocycles. The van der Waals surface area contributed by atoms with Crippen molar-refractivity contribution < 1.29 is 9.53 Å². The molecule has 1 amide bonds. The van der Waals surface area contributed by atoms with Crippen LogP contribution >= 0.6 is 0 Å². The maximum Gasteiger partial charge on any atom is 0.256 e. The van der Waals surface area contributed by atoms with Crippen LogP contribution in [0, 0.1) is 6.92 Å². The highest BCUT2D eigenvalue weighted by Gasteiger charge is 2.19. The third-order valence-electron chi connectivity index (χ3n) is 2.95. The third-order valence-corrected chi connectivity index (χ3v) is 2.95. The summed E-state index contributed by atoms with van der Waals surface area (Å²) in [4.78, 5) is 14.1. The van der Waals surface area contributed by atoms with Gasteiger partial charge in [-0.15, -0.1) is 0 Å². The summed E-state index contributed by atoms with van der Waals surface area (Å²) in [5, 5.41) is 0. The molecule has 1 fully saturated rings. The molecule has 0 saturated carbocycles. The molecule has 2 N–H and O–H groups in total. The summed E-state index contributed by atoms with van der Waals surface area (Å²) in [6.07, 6.45) is 0.886. The van der Waals surface area contributed by atoms with Gasteiger partial charge in [0, 0.05) is 25.4 Å². The van der Waals surface area contributed by atoms with E-state index in [0.717, 1.165) is 25.1 Å².